The maximum Gasteiger partial charge on any atom is 0.550 e. The molecule has 0 saturated carbocycles. The summed E-state index contributed by atoms with van der Waals surface area (Å²) < 4.78 is 77.3. The molecule has 0 aromatic rings. The Bertz CT molecular complexity index is 452. The van der Waals surface area contributed by atoms with E-state index in [9.17, 15) is 35.2 Å². The summed E-state index contributed by atoms with van der Waals surface area (Å²) in [5.74, 6) is 0. The van der Waals surface area contributed by atoms with Crippen molar-refractivity contribution in [1.29, 1.82) is 0 Å². The molecule has 17 heavy (non-hydrogen) atoms. The van der Waals surface area contributed by atoms with Crippen LogP contribution in [0, 0.1) is 5.21 Å². The van der Waals surface area contributed by atoms with E-state index < -0.39 is 29.6 Å². The summed E-state index contributed by atoms with van der Waals surface area (Å²) in [6, 6.07) is 0. The van der Waals surface area contributed by atoms with Crippen LogP contribution in [0.25, 0.3) is 0 Å². The number of quaternary nitrogens is 1. The van der Waals surface area contributed by atoms with E-state index in [2.05, 4.69) is 0 Å². The quantitative estimate of drug-likeness (QED) is 0.643. The molecule has 0 spiro atoms. The third-order valence-corrected chi connectivity index (χ3v) is 5.74. The summed E-state index contributed by atoms with van der Waals surface area (Å²) in [4.78, 5) is 0. The fraction of sp³-hybridized carbons (Fsp3) is 1.00. The molecule has 1 unspecified atom stereocenters. The first-order valence-electron chi connectivity index (χ1n) is 4.28. The second-order valence-corrected chi connectivity index (χ2v) is 6.72. The fourth-order valence-corrected chi connectivity index (χ4v) is 3.69. The molecule has 0 heterocycles. The van der Waals surface area contributed by atoms with Crippen molar-refractivity contribution >= 4 is 20.2 Å². The lowest BCUT2D eigenvalue weighted by atomic mass is 10.7. The highest BCUT2D eigenvalue weighted by atomic mass is 32.3. The molecule has 1 atom stereocenters. The Balaban J connectivity index is 5.56. The number of rotatable bonds is 5. The van der Waals surface area contributed by atoms with Crippen molar-refractivity contribution in [1.82, 2.24) is 4.31 Å². The molecule has 0 saturated heterocycles. The van der Waals surface area contributed by atoms with Gasteiger partial charge in [-0.25, -0.2) is 0 Å². The van der Waals surface area contributed by atoms with Gasteiger partial charge in [-0.1, -0.05) is 13.8 Å². The largest absolute Gasteiger partial charge is 0.601 e. The first-order chi connectivity index (χ1) is 7.42. The zero-order chi connectivity index (χ0) is 14.1. The highest BCUT2D eigenvalue weighted by molar-refractivity contribution is 7.96. The molecule has 0 bridgehead atoms. The minimum Gasteiger partial charge on any atom is -0.601 e. The Labute approximate surface area is 96.6 Å². The van der Waals surface area contributed by atoms with Crippen LogP contribution in [0.5, 0.6) is 0 Å². The lowest BCUT2D eigenvalue weighted by Gasteiger charge is -2.26. The monoisotopic (exact) mass is 300 g/mol. The van der Waals surface area contributed by atoms with E-state index >= 15 is 0 Å². The molecule has 0 rings (SSSR count). The van der Waals surface area contributed by atoms with Gasteiger partial charge in [-0.3, -0.25) is 0 Å². The van der Waals surface area contributed by atoms with Crippen LogP contribution < -0.4 is 3.87 Å². The lowest BCUT2D eigenvalue weighted by Crippen LogP contribution is -3.14. The topological polar surface area (TPSA) is 99.0 Å². The zero-order valence-electron chi connectivity index (χ0n) is 8.85. The summed E-state index contributed by atoms with van der Waals surface area (Å²) in [5, 5.41) is 11.0. The summed E-state index contributed by atoms with van der Waals surface area (Å²) in [6.07, 6.45) is 0. The standard InChI is InChI=1S/C5H11F3N2O5S2/c1-3-9(4-2)17(14,15)10(11)16(12,13)5(6,7)8/h10H,3-4H2,1-2H3. The zero-order valence-corrected chi connectivity index (χ0v) is 10.5. The number of sulfonamides is 1. The Morgan fingerprint density at radius 1 is 1.12 bits per heavy atom. The van der Waals surface area contributed by atoms with E-state index in [1.165, 1.54) is 13.8 Å². The van der Waals surface area contributed by atoms with Gasteiger partial charge in [0.25, 0.3) is 0 Å². The molecule has 104 valence electrons. The van der Waals surface area contributed by atoms with Gasteiger partial charge < -0.3 is 5.21 Å². The van der Waals surface area contributed by atoms with Gasteiger partial charge in [0.2, 0.25) is 0 Å². The first-order valence-corrected chi connectivity index (χ1v) is 7.20. The van der Waals surface area contributed by atoms with Crippen LogP contribution in [0.1, 0.15) is 13.8 Å². The van der Waals surface area contributed by atoms with Gasteiger partial charge in [-0.2, -0.15) is 34.3 Å². The Morgan fingerprint density at radius 2 is 1.47 bits per heavy atom. The average Bonchev–Trinajstić information content (AvgIpc) is 2.16. The fourth-order valence-electron chi connectivity index (χ4n) is 0.902. The highest BCUT2D eigenvalue weighted by Gasteiger charge is 2.56. The van der Waals surface area contributed by atoms with E-state index in [0.717, 1.165) is 0 Å². The highest BCUT2D eigenvalue weighted by Crippen LogP contribution is 2.19. The average molecular weight is 300 g/mol. The van der Waals surface area contributed by atoms with Gasteiger partial charge in [-0.05, 0) is 0 Å². The molecule has 0 aliphatic carbocycles. The molecule has 0 fully saturated rings. The maximum atomic E-state index is 12.0. The van der Waals surface area contributed by atoms with Crippen LogP contribution in [0.4, 0.5) is 13.2 Å². The third kappa shape index (κ3) is 3.07. The van der Waals surface area contributed by atoms with Crippen LogP contribution in [0.2, 0.25) is 0 Å². The number of hydrogen-bond donors (Lipinski definition) is 1. The van der Waals surface area contributed by atoms with Crippen molar-refractivity contribution in [3.05, 3.63) is 5.21 Å². The Hall–Kier alpha value is -0.430. The predicted octanol–water partition coefficient (Wildman–Crippen LogP) is -1.19. The molecule has 0 amide bonds. The lowest BCUT2D eigenvalue weighted by molar-refractivity contribution is -0.559. The minimum absolute atomic E-state index is 0.308. The van der Waals surface area contributed by atoms with Crippen molar-refractivity contribution < 1.29 is 33.9 Å². The van der Waals surface area contributed by atoms with E-state index in [1.54, 1.807) is 0 Å². The predicted molar refractivity (Wildman–Crippen MR) is 51.1 cm³/mol. The minimum atomic E-state index is -6.37. The van der Waals surface area contributed by atoms with Crippen LogP contribution in [0.3, 0.4) is 0 Å². The van der Waals surface area contributed by atoms with Crippen molar-refractivity contribution in [2.75, 3.05) is 13.1 Å². The molecule has 0 aliphatic heterocycles. The van der Waals surface area contributed by atoms with Gasteiger partial charge in [0.1, 0.15) is 0 Å². The van der Waals surface area contributed by atoms with Crippen LogP contribution in [-0.2, 0) is 20.2 Å². The van der Waals surface area contributed by atoms with Gasteiger partial charge in [0.05, 0.1) is 0 Å². The van der Waals surface area contributed by atoms with Gasteiger partial charge >= 0.3 is 25.7 Å². The number of halogens is 3. The summed E-state index contributed by atoms with van der Waals surface area (Å²) in [6.45, 7) is 1.90. The molecule has 12 heteroatoms. The van der Waals surface area contributed by atoms with Crippen LogP contribution in [-0.4, -0.2) is 39.7 Å². The second kappa shape index (κ2) is 5.06. The van der Waals surface area contributed by atoms with Gasteiger partial charge in [0, 0.05) is 13.1 Å². The molecule has 7 nitrogen and oxygen atoms in total. The van der Waals surface area contributed by atoms with Crippen molar-refractivity contribution in [2.24, 2.45) is 0 Å². The molecule has 0 aromatic carbocycles. The molecule has 0 aliphatic rings. The van der Waals surface area contributed by atoms with Crippen LogP contribution in [0.15, 0.2) is 0 Å². The second-order valence-electron chi connectivity index (χ2n) is 2.79. The van der Waals surface area contributed by atoms with E-state index in [1.807, 2.05) is 0 Å². The number of hydrogen-bond acceptors (Lipinski definition) is 5. The van der Waals surface area contributed by atoms with Crippen molar-refractivity contribution in [3.8, 4) is 0 Å². The summed E-state index contributed by atoms with van der Waals surface area (Å²) in [7, 11) is -11.5. The Morgan fingerprint density at radius 3 is 1.71 bits per heavy atom. The first kappa shape index (κ1) is 16.6. The van der Waals surface area contributed by atoms with Crippen molar-refractivity contribution in [2.45, 2.75) is 19.4 Å². The molecular weight excluding hydrogens is 289 g/mol. The number of nitrogens with one attached hydrogen (secondary N) is 1. The van der Waals surface area contributed by atoms with Crippen molar-refractivity contribution in [3.63, 3.8) is 0 Å². The van der Waals surface area contributed by atoms with E-state index in [4.69, 9.17) is 0 Å². The molecule has 0 aromatic heterocycles. The smallest absolute Gasteiger partial charge is 0.550 e. The van der Waals surface area contributed by atoms with E-state index in [-0.39, 0.29) is 13.1 Å². The normalized spacial score (nSPS) is 16.2. The molecular formula is C5H11F3N2O5S2. The summed E-state index contributed by atoms with van der Waals surface area (Å²) in [5.41, 5.74) is -5.93. The third-order valence-electron chi connectivity index (χ3n) is 1.78. The van der Waals surface area contributed by atoms with E-state index in [0.29, 0.717) is 4.31 Å². The molecule has 1 N–H and O–H groups in total. The number of nitrogens with zero attached hydrogens (tertiary/aromatic N) is 1. The summed E-state index contributed by atoms with van der Waals surface area (Å²) >= 11 is 0. The van der Waals surface area contributed by atoms with Crippen LogP contribution >= 0.6 is 0 Å². The molecule has 0 radical (unpaired) electrons. The van der Waals surface area contributed by atoms with Gasteiger partial charge in [0.15, 0.2) is 0 Å². The maximum absolute atomic E-state index is 12.0. The van der Waals surface area contributed by atoms with Gasteiger partial charge in [-0.15, -0.1) is 3.87 Å². The SMILES string of the molecule is CCN(CC)S(=O)(=O)[NH+]([O-])S(=O)(=O)C(F)(F)F. The Kier molecular flexibility index (Phi) is 4.93. The number of alkyl halides is 3.